The van der Waals surface area contributed by atoms with Crippen molar-refractivity contribution in [3.8, 4) is 6.07 Å². The van der Waals surface area contributed by atoms with Gasteiger partial charge in [-0.2, -0.15) is 5.26 Å². The Balaban J connectivity index is 1.34. The topological polar surface area (TPSA) is 133 Å². The number of rotatable bonds is 7. The highest BCUT2D eigenvalue weighted by Gasteiger charge is 2.29. The van der Waals surface area contributed by atoms with Crippen LogP contribution in [-0.4, -0.2) is 78.8 Å². The first-order valence-electron chi connectivity index (χ1n) is 13.6. The Hall–Kier alpha value is -3.59. The Kier molecular flexibility index (Phi) is 8.35. The van der Waals surface area contributed by atoms with Crippen molar-refractivity contribution in [2.45, 2.75) is 63.8 Å². The van der Waals surface area contributed by atoms with Gasteiger partial charge in [-0.25, -0.2) is 14.8 Å². The number of nitrogens with one attached hydrogen (secondary N) is 2. The molecule has 5 rings (SSSR count). The summed E-state index contributed by atoms with van der Waals surface area (Å²) in [6.07, 6.45) is 6.80. The van der Waals surface area contributed by atoms with Crippen LogP contribution in [0.2, 0.25) is 0 Å². The third-order valence-corrected chi connectivity index (χ3v) is 7.87. The number of aryl methyl sites for hydroxylation is 1. The minimum atomic E-state index is -0.381. The SMILES string of the molecule is CO[C@H]1CCC[C@@H]1Nc1cc(NC(=O)N2CCCc3cc(CN4CCOCC4C)c(C=O)nc32)ncc1C#N. The number of fused-ring (bicyclic) bond motifs is 1. The number of aldehydes is 1. The number of pyridine rings is 2. The van der Waals surface area contributed by atoms with E-state index >= 15 is 0 Å². The molecule has 2 amide bonds. The van der Waals surface area contributed by atoms with Crippen LogP contribution in [0.4, 0.5) is 22.1 Å². The summed E-state index contributed by atoms with van der Waals surface area (Å²) >= 11 is 0. The first-order chi connectivity index (χ1) is 19.0. The maximum absolute atomic E-state index is 13.4. The number of ether oxygens (including phenoxy) is 2. The number of carbonyl (C=O) groups excluding carboxylic acids is 2. The smallest absolute Gasteiger partial charge is 0.328 e. The average Bonchev–Trinajstić information content (AvgIpc) is 3.40. The Morgan fingerprint density at radius 3 is 2.95 bits per heavy atom. The molecule has 2 N–H and O–H groups in total. The lowest BCUT2D eigenvalue weighted by atomic mass is 10.0. The highest BCUT2D eigenvalue weighted by Crippen LogP contribution is 2.30. The van der Waals surface area contributed by atoms with E-state index in [0.29, 0.717) is 54.9 Å². The molecule has 206 valence electrons. The van der Waals surface area contributed by atoms with Crippen LogP contribution in [0.25, 0.3) is 0 Å². The van der Waals surface area contributed by atoms with E-state index in [1.54, 1.807) is 18.1 Å². The Morgan fingerprint density at radius 1 is 1.31 bits per heavy atom. The molecule has 1 saturated carbocycles. The van der Waals surface area contributed by atoms with Crippen LogP contribution in [-0.2, 0) is 22.4 Å². The van der Waals surface area contributed by atoms with Gasteiger partial charge in [-0.1, -0.05) is 0 Å². The van der Waals surface area contributed by atoms with Crippen LogP contribution in [0.3, 0.4) is 0 Å². The van der Waals surface area contributed by atoms with Gasteiger partial charge in [0.05, 0.1) is 36.6 Å². The van der Waals surface area contributed by atoms with E-state index in [0.717, 1.165) is 56.1 Å². The second-order valence-electron chi connectivity index (χ2n) is 10.4. The van der Waals surface area contributed by atoms with Crippen LogP contribution in [0.1, 0.15) is 59.8 Å². The molecule has 2 fully saturated rings. The van der Waals surface area contributed by atoms with Crippen molar-refractivity contribution in [3.05, 3.63) is 40.7 Å². The van der Waals surface area contributed by atoms with Gasteiger partial charge < -0.3 is 14.8 Å². The zero-order valence-corrected chi connectivity index (χ0v) is 22.5. The lowest BCUT2D eigenvalue weighted by Crippen LogP contribution is -2.43. The first kappa shape index (κ1) is 27.0. The summed E-state index contributed by atoms with van der Waals surface area (Å²) in [5.41, 5.74) is 3.17. The largest absolute Gasteiger partial charge is 0.379 e. The van der Waals surface area contributed by atoms with Crippen molar-refractivity contribution in [1.29, 1.82) is 5.26 Å². The quantitative estimate of drug-likeness (QED) is 0.514. The molecule has 11 heteroatoms. The predicted molar refractivity (Wildman–Crippen MR) is 146 cm³/mol. The molecule has 0 aromatic carbocycles. The van der Waals surface area contributed by atoms with Gasteiger partial charge in [0.25, 0.3) is 0 Å². The van der Waals surface area contributed by atoms with Gasteiger partial charge in [0, 0.05) is 45.0 Å². The molecule has 39 heavy (non-hydrogen) atoms. The standard InChI is InChI=1S/C28H35N7O4/c1-18-17-39-10-9-34(18)15-20-11-19-5-4-8-35(27(19)32-24(20)16-36)28(37)33-26-12-23(21(13-29)14-30-26)31-22-6-3-7-25(22)38-2/h11-12,14,16,18,22,25H,3-10,15,17H2,1-2H3,(H2,30,31,33,37)/t18?,22-,25-/m0/s1. The van der Waals surface area contributed by atoms with E-state index in [9.17, 15) is 14.9 Å². The maximum atomic E-state index is 13.4. The van der Waals surface area contributed by atoms with Gasteiger partial charge >= 0.3 is 6.03 Å². The molecular formula is C28H35N7O4. The van der Waals surface area contributed by atoms with Gasteiger partial charge in [-0.05, 0) is 56.2 Å². The lowest BCUT2D eigenvalue weighted by molar-refractivity contribution is -0.00448. The van der Waals surface area contributed by atoms with E-state index in [1.807, 2.05) is 6.07 Å². The summed E-state index contributed by atoms with van der Waals surface area (Å²) in [5, 5.41) is 15.9. The molecule has 2 aromatic rings. The van der Waals surface area contributed by atoms with Crippen LogP contribution in [0.15, 0.2) is 18.3 Å². The molecule has 0 radical (unpaired) electrons. The molecule has 1 unspecified atom stereocenters. The summed E-state index contributed by atoms with van der Waals surface area (Å²) in [4.78, 5) is 38.2. The van der Waals surface area contributed by atoms with E-state index in [2.05, 4.69) is 38.5 Å². The minimum absolute atomic E-state index is 0.0713. The Bertz CT molecular complexity index is 1260. The van der Waals surface area contributed by atoms with Crippen LogP contribution in [0.5, 0.6) is 0 Å². The molecule has 11 nitrogen and oxygen atoms in total. The number of morpholine rings is 1. The molecule has 2 aromatic heterocycles. The highest BCUT2D eigenvalue weighted by atomic mass is 16.5. The molecule has 1 saturated heterocycles. The van der Waals surface area contributed by atoms with Gasteiger partial charge in [0.1, 0.15) is 23.4 Å². The van der Waals surface area contributed by atoms with Crippen LogP contribution >= 0.6 is 0 Å². The number of nitriles is 1. The normalized spacial score (nSPS) is 23.1. The fourth-order valence-electron chi connectivity index (χ4n) is 5.68. The van der Waals surface area contributed by atoms with Crippen molar-refractivity contribution in [2.24, 2.45) is 0 Å². The molecule has 4 heterocycles. The van der Waals surface area contributed by atoms with Crippen LogP contribution < -0.4 is 15.5 Å². The van der Waals surface area contributed by atoms with E-state index in [1.165, 1.54) is 6.20 Å². The van der Waals surface area contributed by atoms with E-state index in [-0.39, 0.29) is 24.2 Å². The van der Waals surface area contributed by atoms with Gasteiger partial charge in [-0.15, -0.1) is 0 Å². The summed E-state index contributed by atoms with van der Waals surface area (Å²) in [7, 11) is 1.70. The Labute approximate surface area is 228 Å². The molecule has 3 aliphatic rings. The van der Waals surface area contributed by atoms with Gasteiger partial charge in [0.2, 0.25) is 0 Å². The molecule has 0 spiro atoms. The lowest BCUT2D eigenvalue weighted by Gasteiger charge is -2.34. The maximum Gasteiger partial charge on any atom is 0.328 e. The first-order valence-corrected chi connectivity index (χ1v) is 13.6. The molecule has 0 bridgehead atoms. The summed E-state index contributed by atoms with van der Waals surface area (Å²) in [6.45, 7) is 5.33. The van der Waals surface area contributed by atoms with Gasteiger partial charge in [0.15, 0.2) is 6.29 Å². The van der Waals surface area contributed by atoms with Gasteiger partial charge in [-0.3, -0.25) is 19.9 Å². The number of nitrogens with zero attached hydrogens (tertiary/aromatic N) is 5. The van der Waals surface area contributed by atoms with Crippen molar-refractivity contribution < 1.29 is 19.1 Å². The highest BCUT2D eigenvalue weighted by molar-refractivity contribution is 6.01. The fraction of sp³-hybridized carbons (Fsp3) is 0.536. The van der Waals surface area contributed by atoms with Crippen LogP contribution in [0, 0.1) is 11.3 Å². The predicted octanol–water partition coefficient (Wildman–Crippen LogP) is 3.35. The van der Waals surface area contributed by atoms with E-state index < -0.39 is 0 Å². The number of aromatic nitrogens is 2. The Morgan fingerprint density at radius 2 is 2.18 bits per heavy atom. The zero-order chi connectivity index (χ0) is 27.4. The van der Waals surface area contributed by atoms with E-state index in [4.69, 9.17) is 9.47 Å². The number of amides is 2. The fourth-order valence-corrected chi connectivity index (χ4v) is 5.68. The average molecular weight is 534 g/mol. The van der Waals surface area contributed by atoms with Crippen molar-refractivity contribution in [3.63, 3.8) is 0 Å². The summed E-state index contributed by atoms with van der Waals surface area (Å²) in [6, 6.07) is 5.83. The third kappa shape index (κ3) is 5.88. The monoisotopic (exact) mass is 533 g/mol. The molecule has 1 aliphatic carbocycles. The zero-order valence-electron chi connectivity index (χ0n) is 22.5. The number of carbonyl (C=O) groups is 2. The number of methoxy groups -OCH3 is 1. The molecular weight excluding hydrogens is 498 g/mol. The number of hydrogen-bond donors (Lipinski definition) is 2. The number of urea groups is 1. The molecule has 2 aliphatic heterocycles. The minimum Gasteiger partial charge on any atom is -0.379 e. The second-order valence-corrected chi connectivity index (χ2v) is 10.4. The third-order valence-electron chi connectivity index (χ3n) is 7.87. The van der Waals surface area contributed by atoms with Crippen molar-refractivity contribution in [1.82, 2.24) is 14.9 Å². The second kappa shape index (κ2) is 12.1. The van der Waals surface area contributed by atoms with Crippen molar-refractivity contribution >= 4 is 29.6 Å². The summed E-state index contributed by atoms with van der Waals surface area (Å²) in [5.74, 6) is 0.828. The summed E-state index contributed by atoms with van der Waals surface area (Å²) < 4.78 is 11.1. The number of anilines is 3. The molecule has 3 atom stereocenters. The van der Waals surface area contributed by atoms with Crippen molar-refractivity contribution in [2.75, 3.05) is 48.9 Å². The number of hydrogen-bond acceptors (Lipinski definition) is 9.